The number of esters is 1. The van der Waals surface area contributed by atoms with Crippen molar-refractivity contribution in [2.45, 2.75) is 9.79 Å². The summed E-state index contributed by atoms with van der Waals surface area (Å²) in [6.07, 6.45) is 0. The van der Waals surface area contributed by atoms with Crippen LogP contribution in [0.25, 0.3) is 0 Å². The van der Waals surface area contributed by atoms with Crippen molar-refractivity contribution in [3.8, 4) is 0 Å². The van der Waals surface area contributed by atoms with E-state index in [-0.39, 0.29) is 47.2 Å². The number of hydrogen-bond acceptors (Lipinski definition) is 6. The fraction of sp³-hybridized carbons (Fsp3) is 0.0455. The Morgan fingerprint density at radius 3 is 2.21 bits per heavy atom. The maximum atomic E-state index is 13.0. The first-order chi connectivity index (χ1) is 15.6. The largest absolute Gasteiger partial charge is 0.452 e. The Bertz CT molecular complexity index is 1430. The number of sulfone groups is 1. The Kier molecular flexibility index (Phi) is 6.20. The summed E-state index contributed by atoms with van der Waals surface area (Å²) >= 11 is 17.8. The van der Waals surface area contributed by atoms with Crippen LogP contribution in [-0.2, 0) is 19.4 Å². The normalized spacial score (nSPS) is 13.6. The van der Waals surface area contributed by atoms with Gasteiger partial charge in [-0.05, 0) is 42.5 Å². The summed E-state index contributed by atoms with van der Waals surface area (Å²) in [6.45, 7) is -0.695. The minimum Gasteiger partial charge on any atom is -0.452 e. The molecule has 1 N–H and O–H groups in total. The molecule has 1 aliphatic rings. The van der Waals surface area contributed by atoms with Gasteiger partial charge in [-0.1, -0.05) is 46.9 Å². The molecule has 0 saturated carbocycles. The lowest BCUT2D eigenvalue weighted by Crippen LogP contribution is -2.23. The second-order valence-corrected chi connectivity index (χ2v) is 10.0. The third kappa shape index (κ3) is 4.35. The van der Waals surface area contributed by atoms with Crippen LogP contribution in [0.4, 0.5) is 5.69 Å². The minimum atomic E-state index is -4.02. The first-order valence-electron chi connectivity index (χ1n) is 9.24. The molecule has 0 fully saturated rings. The highest BCUT2D eigenvalue weighted by atomic mass is 35.5. The molecule has 1 heterocycles. The van der Waals surface area contributed by atoms with E-state index >= 15 is 0 Å². The number of carbonyl (C=O) groups excluding carboxylic acids is 3. The first-order valence-corrected chi connectivity index (χ1v) is 11.9. The van der Waals surface area contributed by atoms with Crippen molar-refractivity contribution in [3.05, 3.63) is 86.4 Å². The molecule has 0 unspecified atom stereocenters. The van der Waals surface area contributed by atoms with Crippen molar-refractivity contribution in [1.82, 2.24) is 0 Å². The number of carbonyl (C=O) groups is 3. The average molecular weight is 525 g/mol. The maximum Gasteiger partial charge on any atom is 0.338 e. The standard InChI is InChI=1S/C22H12Cl3NO6S/c23-12-8-15(24)20(16(25)9-12)26-19(27)10-32-22(29)11-5-6-14-18(7-11)33(30,31)17-4-2-1-3-13(17)21(14)28/h1-9H,10H2,(H,26,27). The molecule has 0 saturated heterocycles. The molecule has 11 heteroatoms. The van der Waals surface area contributed by atoms with E-state index in [0.29, 0.717) is 0 Å². The van der Waals surface area contributed by atoms with Gasteiger partial charge in [0.25, 0.3) is 5.91 Å². The molecule has 1 aliphatic heterocycles. The summed E-state index contributed by atoms with van der Waals surface area (Å²) in [5.41, 5.74) is -0.0211. The van der Waals surface area contributed by atoms with Crippen molar-refractivity contribution in [1.29, 1.82) is 0 Å². The van der Waals surface area contributed by atoms with E-state index in [4.69, 9.17) is 39.5 Å². The Labute approximate surface area is 203 Å². The molecule has 33 heavy (non-hydrogen) atoms. The van der Waals surface area contributed by atoms with Gasteiger partial charge < -0.3 is 10.1 Å². The number of fused-ring (bicyclic) bond motifs is 2. The van der Waals surface area contributed by atoms with E-state index in [9.17, 15) is 22.8 Å². The van der Waals surface area contributed by atoms with Crippen LogP contribution in [0.1, 0.15) is 26.3 Å². The quantitative estimate of drug-likeness (QED) is 0.384. The molecular formula is C22H12Cl3NO6S. The lowest BCUT2D eigenvalue weighted by Gasteiger charge is -2.19. The fourth-order valence-corrected chi connectivity index (χ4v) is 5.85. The number of halogens is 3. The first kappa shape index (κ1) is 23.3. The molecule has 0 bridgehead atoms. The van der Waals surface area contributed by atoms with Crippen LogP contribution in [-0.4, -0.2) is 32.7 Å². The van der Waals surface area contributed by atoms with E-state index in [0.717, 1.165) is 6.07 Å². The zero-order valence-electron chi connectivity index (χ0n) is 16.4. The zero-order valence-corrected chi connectivity index (χ0v) is 19.5. The lowest BCUT2D eigenvalue weighted by molar-refractivity contribution is -0.119. The predicted molar refractivity (Wildman–Crippen MR) is 122 cm³/mol. The van der Waals surface area contributed by atoms with E-state index in [2.05, 4.69) is 5.32 Å². The van der Waals surface area contributed by atoms with Crippen LogP contribution < -0.4 is 5.32 Å². The van der Waals surface area contributed by atoms with Gasteiger partial charge in [-0.2, -0.15) is 0 Å². The van der Waals surface area contributed by atoms with Crippen LogP contribution in [0.2, 0.25) is 15.1 Å². The van der Waals surface area contributed by atoms with Crippen LogP contribution >= 0.6 is 34.8 Å². The van der Waals surface area contributed by atoms with Crippen molar-refractivity contribution in [2.24, 2.45) is 0 Å². The van der Waals surface area contributed by atoms with E-state index < -0.39 is 34.1 Å². The highest BCUT2D eigenvalue weighted by molar-refractivity contribution is 7.91. The molecule has 4 rings (SSSR count). The molecule has 168 valence electrons. The maximum absolute atomic E-state index is 13.0. The molecule has 0 aromatic heterocycles. The van der Waals surface area contributed by atoms with Crippen LogP contribution in [0.15, 0.2) is 64.4 Å². The van der Waals surface area contributed by atoms with Crippen molar-refractivity contribution < 1.29 is 27.5 Å². The number of ether oxygens (including phenoxy) is 1. The highest BCUT2D eigenvalue weighted by Crippen LogP contribution is 2.35. The second kappa shape index (κ2) is 8.79. The van der Waals surface area contributed by atoms with E-state index in [1.807, 2.05) is 0 Å². The third-order valence-electron chi connectivity index (χ3n) is 4.78. The summed E-state index contributed by atoms with van der Waals surface area (Å²) in [7, 11) is -4.02. The molecule has 1 amide bonds. The number of amides is 1. The van der Waals surface area contributed by atoms with Gasteiger partial charge in [-0.3, -0.25) is 9.59 Å². The van der Waals surface area contributed by atoms with Crippen LogP contribution in [0.3, 0.4) is 0 Å². The van der Waals surface area contributed by atoms with Gasteiger partial charge in [0.2, 0.25) is 9.84 Å². The summed E-state index contributed by atoms with van der Waals surface area (Å²) in [6, 6.07) is 12.1. The number of nitrogens with one attached hydrogen (secondary N) is 1. The number of rotatable bonds is 4. The van der Waals surface area contributed by atoms with Crippen LogP contribution in [0, 0.1) is 0 Å². The zero-order chi connectivity index (χ0) is 23.9. The van der Waals surface area contributed by atoms with Gasteiger partial charge in [-0.15, -0.1) is 0 Å². The number of ketones is 1. The third-order valence-corrected chi connectivity index (χ3v) is 7.44. The van der Waals surface area contributed by atoms with Gasteiger partial charge in [0, 0.05) is 16.1 Å². The monoisotopic (exact) mass is 523 g/mol. The summed E-state index contributed by atoms with van der Waals surface area (Å²) in [5, 5.41) is 2.88. The predicted octanol–water partition coefficient (Wildman–Crippen LogP) is 4.82. The van der Waals surface area contributed by atoms with Gasteiger partial charge >= 0.3 is 5.97 Å². The Hall–Kier alpha value is -2.91. The van der Waals surface area contributed by atoms with E-state index in [1.54, 1.807) is 6.07 Å². The molecule has 7 nitrogen and oxygen atoms in total. The number of hydrogen-bond donors (Lipinski definition) is 1. The molecule has 0 aliphatic carbocycles. The second-order valence-electron chi connectivity index (χ2n) is 6.91. The van der Waals surface area contributed by atoms with Crippen molar-refractivity contribution in [2.75, 3.05) is 11.9 Å². The fourth-order valence-electron chi connectivity index (χ4n) is 3.26. The average Bonchev–Trinajstić information content (AvgIpc) is 2.78. The van der Waals surface area contributed by atoms with Gasteiger partial charge in [-0.25, -0.2) is 13.2 Å². The lowest BCUT2D eigenvalue weighted by atomic mass is 10.0. The summed E-state index contributed by atoms with van der Waals surface area (Å²) in [4.78, 5) is 36.9. The molecule has 0 spiro atoms. The molecular weight excluding hydrogens is 513 g/mol. The van der Waals surface area contributed by atoms with Gasteiger partial charge in [0.1, 0.15) is 0 Å². The Morgan fingerprint density at radius 2 is 1.52 bits per heavy atom. The topological polar surface area (TPSA) is 107 Å². The highest BCUT2D eigenvalue weighted by Gasteiger charge is 2.35. The summed E-state index contributed by atoms with van der Waals surface area (Å²) in [5.74, 6) is -2.15. The Balaban J connectivity index is 1.52. The molecule has 0 atom stereocenters. The Morgan fingerprint density at radius 1 is 0.879 bits per heavy atom. The van der Waals surface area contributed by atoms with Gasteiger partial charge in [0.15, 0.2) is 12.4 Å². The molecule has 3 aromatic carbocycles. The number of anilines is 1. The molecule has 0 radical (unpaired) electrons. The number of benzene rings is 3. The van der Waals surface area contributed by atoms with Gasteiger partial charge in [0.05, 0.1) is 31.1 Å². The minimum absolute atomic E-state index is 0.0463. The smallest absolute Gasteiger partial charge is 0.338 e. The van der Waals surface area contributed by atoms with Crippen molar-refractivity contribution in [3.63, 3.8) is 0 Å². The summed E-state index contributed by atoms with van der Waals surface area (Å²) < 4.78 is 30.9. The van der Waals surface area contributed by atoms with Crippen molar-refractivity contribution >= 4 is 68.0 Å². The van der Waals surface area contributed by atoms with E-state index in [1.165, 1.54) is 42.5 Å². The SMILES string of the molecule is O=C(COC(=O)c1ccc2c(c1)S(=O)(=O)c1ccccc1C2=O)Nc1c(Cl)cc(Cl)cc1Cl. The molecule has 3 aromatic rings. The van der Waals surface area contributed by atoms with Crippen LogP contribution in [0.5, 0.6) is 0 Å².